The van der Waals surface area contributed by atoms with Gasteiger partial charge in [0.2, 0.25) is 5.91 Å². The number of carbonyl (C=O) groups excluding carboxylic acids is 1. The second-order valence-electron chi connectivity index (χ2n) is 4.42. The number of carboxylic acids is 1. The van der Waals surface area contributed by atoms with E-state index < -0.39 is 17.8 Å². The van der Waals surface area contributed by atoms with Gasteiger partial charge in [0.15, 0.2) is 5.82 Å². The van der Waals surface area contributed by atoms with Crippen LogP contribution in [0.2, 0.25) is 0 Å². The molecular weight excluding hydrogens is 234 g/mol. The summed E-state index contributed by atoms with van der Waals surface area (Å²) in [6, 6.07) is 1.70. The van der Waals surface area contributed by atoms with Crippen molar-refractivity contribution in [1.82, 2.24) is 10.2 Å². The Morgan fingerprint density at radius 3 is 2.61 bits per heavy atom. The second kappa shape index (κ2) is 5.03. The summed E-state index contributed by atoms with van der Waals surface area (Å²) in [5, 5.41) is 18.3. The molecule has 1 heterocycles. The van der Waals surface area contributed by atoms with Crippen molar-refractivity contribution in [2.45, 2.75) is 19.8 Å². The van der Waals surface area contributed by atoms with E-state index in [0.717, 1.165) is 5.69 Å². The molecule has 6 heteroatoms. The summed E-state index contributed by atoms with van der Waals surface area (Å²) in [5.41, 5.74) is 0.837. The lowest BCUT2D eigenvalue weighted by atomic mass is 9.82. The van der Waals surface area contributed by atoms with E-state index in [2.05, 4.69) is 15.5 Å². The van der Waals surface area contributed by atoms with Gasteiger partial charge in [-0.2, -0.15) is 5.10 Å². The molecule has 0 saturated heterocycles. The van der Waals surface area contributed by atoms with Gasteiger partial charge in [-0.05, 0) is 19.8 Å². The van der Waals surface area contributed by atoms with Crippen molar-refractivity contribution >= 4 is 17.7 Å². The molecule has 6 nitrogen and oxygen atoms in total. The first kappa shape index (κ1) is 12.3. The Balaban J connectivity index is 2.07. The number of aromatic amines is 1. The van der Waals surface area contributed by atoms with Crippen LogP contribution in [0, 0.1) is 18.8 Å². The highest BCUT2D eigenvalue weighted by Gasteiger charge is 2.34. The van der Waals surface area contributed by atoms with E-state index >= 15 is 0 Å². The molecule has 1 aromatic rings. The Kier molecular flexibility index (Phi) is 3.45. The Morgan fingerprint density at radius 2 is 2.06 bits per heavy atom. The zero-order chi connectivity index (χ0) is 13.1. The third kappa shape index (κ3) is 2.58. The van der Waals surface area contributed by atoms with Crippen LogP contribution < -0.4 is 5.32 Å². The summed E-state index contributed by atoms with van der Waals surface area (Å²) in [4.78, 5) is 23.1. The van der Waals surface area contributed by atoms with Gasteiger partial charge in [-0.15, -0.1) is 0 Å². The molecule has 0 saturated carbocycles. The predicted molar refractivity (Wildman–Crippen MR) is 64.9 cm³/mol. The lowest BCUT2D eigenvalue weighted by Gasteiger charge is -2.23. The van der Waals surface area contributed by atoms with Crippen LogP contribution in [0.25, 0.3) is 0 Å². The van der Waals surface area contributed by atoms with Gasteiger partial charge in [0.25, 0.3) is 0 Å². The van der Waals surface area contributed by atoms with Crippen molar-refractivity contribution in [2.24, 2.45) is 11.8 Å². The van der Waals surface area contributed by atoms with Crippen molar-refractivity contribution in [1.29, 1.82) is 0 Å². The number of nitrogens with zero attached hydrogens (tertiary/aromatic N) is 1. The molecule has 1 amide bonds. The number of H-pyrrole nitrogens is 1. The van der Waals surface area contributed by atoms with Crippen LogP contribution in [0.1, 0.15) is 18.5 Å². The van der Waals surface area contributed by atoms with Crippen LogP contribution >= 0.6 is 0 Å². The first-order valence-corrected chi connectivity index (χ1v) is 5.78. The van der Waals surface area contributed by atoms with Gasteiger partial charge in [0.05, 0.1) is 11.8 Å². The van der Waals surface area contributed by atoms with Crippen LogP contribution in [0.5, 0.6) is 0 Å². The summed E-state index contributed by atoms with van der Waals surface area (Å²) >= 11 is 0. The normalized spacial score (nSPS) is 22.7. The molecule has 0 aliphatic heterocycles. The molecule has 1 aliphatic carbocycles. The highest BCUT2D eigenvalue weighted by Crippen LogP contribution is 2.27. The highest BCUT2D eigenvalue weighted by molar-refractivity contribution is 5.94. The maximum atomic E-state index is 12.0. The smallest absolute Gasteiger partial charge is 0.307 e. The van der Waals surface area contributed by atoms with Gasteiger partial charge in [0, 0.05) is 11.8 Å². The number of allylic oxidation sites excluding steroid dienone is 2. The number of rotatable bonds is 3. The highest BCUT2D eigenvalue weighted by atomic mass is 16.4. The summed E-state index contributed by atoms with van der Waals surface area (Å²) in [6.07, 6.45) is 4.50. The molecule has 0 spiro atoms. The van der Waals surface area contributed by atoms with E-state index in [4.69, 9.17) is 5.11 Å². The number of carboxylic acid groups (broad SMARTS) is 1. The summed E-state index contributed by atoms with van der Waals surface area (Å²) in [6.45, 7) is 1.83. The molecule has 2 atom stereocenters. The SMILES string of the molecule is Cc1cc(NC(=O)[C@@H]2CC=CC[C@@H]2C(=O)O)n[nH]1. The number of carbonyl (C=O) groups is 2. The largest absolute Gasteiger partial charge is 0.481 e. The quantitative estimate of drug-likeness (QED) is 0.704. The summed E-state index contributed by atoms with van der Waals surface area (Å²) in [7, 11) is 0. The molecule has 0 unspecified atom stereocenters. The number of hydrogen-bond acceptors (Lipinski definition) is 3. The van der Waals surface area contributed by atoms with E-state index in [0.29, 0.717) is 18.7 Å². The first-order chi connectivity index (χ1) is 8.58. The number of aliphatic carboxylic acids is 1. The van der Waals surface area contributed by atoms with Crippen molar-refractivity contribution in [3.63, 3.8) is 0 Å². The second-order valence-corrected chi connectivity index (χ2v) is 4.42. The molecule has 0 aromatic carbocycles. The van der Waals surface area contributed by atoms with Gasteiger partial charge in [-0.25, -0.2) is 0 Å². The fourth-order valence-electron chi connectivity index (χ4n) is 2.08. The van der Waals surface area contributed by atoms with Crippen LogP contribution in [0.3, 0.4) is 0 Å². The number of aryl methyl sites for hydroxylation is 1. The minimum absolute atomic E-state index is 0.293. The van der Waals surface area contributed by atoms with E-state index in [1.165, 1.54) is 0 Å². The van der Waals surface area contributed by atoms with Crippen molar-refractivity contribution in [3.8, 4) is 0 Å². The van der Waals surface area contributed by atoms with Gasteiger partial charge in [0.1, 0.15) is 0 Å². The standard InChI is InChI=1S/C12H15N3O3/c1-7-6-10(15-14-7)13-11(16)8-4-2-3-5-9(8)12(17)18/h2-3,6,8-9H,4-5H2,1H3,(H,17,18)(H2,13,14,15,16)/t8-,9+/m1/s1. The van der Waals surface area contributed by atoms with Gasteiger partial charge < -0.3 is 10.4 Å². The van der Waals surface area contributed by atoms with E-state index in [9.17, 15) is 9.59 Å². The molecule has 0 radical (unpaired) electrons. The molecular formula is C12H15N3O3. The number of anilines is 1. The average molecular weight is 249 g/mol. The monoisotopic (exact) mass is 249 g/mol. The fourth-order valence-corrected chi connectivity index (χ4v) is 2.08. The van der Waals surface area contributed by atoms with E-state index in [1.54, 1.807) is 12.1 Å². The first-order valence-electron chi connectivity index (χ1n) is 5.78. The minimum Gasteiger partial charge on any atom is -0.481 e. The van der Waals surface area contributed by atoms with E-state index in [-0.39, 0.29) is 5.91 Å². The molecule has 1 aromatic heterocycles. The third-order valence-corrected chi connectivity index (χ3v) is 3.04. The van der Waals surface area contributed by atoms with Gasteiger partial charge >= 0.3 is 5.97 Å². The van der Waals surface area contributed by atoms with Crippen LogP contribution in [0.15, 0.2) is 18.2 Å². The summed E-state index contributed by atoms with van der Waals surface area (Å²) < 4.78 is 0. The zero-order valence-electron chi connectivity index (χ0n) is 10.0. The molecule has 0 bridgehead atoms. The van der Waals surface area contributed by atoms with Crippen molar-refractivity contribution in [3.05, 3.63) is 23.9 Å². The third-order valence-electron chi connectivity index (χ3n) is 3.04. The summed E-state index contributed by atoms with van der Waals surface area (Å²) in [5.74, 6) is -1.99. The number of amides is 1. The lowest BCUT2D eigenvalue weighted by molar-refractivity contribution is -0.146. The maximum Gasteiger partial charge on any atom is 0.307 e. The Hall–Kier alpha value is -2.11. The van der Waals surface area contributed by atoms with Crippen LogP contribution in [0.4, 0.5) is 5.82 Å². The lowest BCUT2D eigenvalue weighted by Crippen LogP contribution is -2.34. The Labute approximate surface area is 104 Å². The van der Waals surface area contributed by atoms with Gasteiger partial charge in [-0.1, -0.05) is 12.2 Å². The van der Waals surface area contributed by atoms with E-state index in [1.807, 2.05) is 13.0 Å². The maximum absolute atomic E-state index is 12.0. The zero-order valence-corrected chi connectivity index (χ0v) is 10.0. The molecule has 1 aliphatic rings. The van der Waals surface area contributed by atoms with Crippen molar-refractivity contribution in [2.75, 3.05) is 5.32 Å². The van der Waals surface area contributed by atoms with Crippen molar-refractivity contribution < 1.29 is 14.7 Å². The predicted octanol–water partition coefficient (Wildman–Crippen LogP) is 1.32. The molecule has 2 rings (SSSR count). The molecule has 18 heavy (non-hydrogen) atoms. The topological polar surface area (TPSA) is 95.1 Å². The van der Waals surface area contributed by atoms with Crippen LogP contribution in [-0.4, -0.2) is 27.2 Å². The van der Waals surface area contributed by atoms with Gasteiger partial charge in [-0.3, -0.25) is 14.7 Å². The number of nitrogens with one attached hydrogen (secondary N) is 2. The average Bonchev–Trinajstić information content (AvgIpc) is 2.74. The minimum atomic E-state index is -0.933. The molecule has 96 valence electrons. The Morgan fingerprint density at radius 1 is 1.39 bits per heavy atom. The molecule has 0 fully saturated rings. The molecule has 3 N–H and O–H groups in total. The van der Waals surface area contributed by atoms with Crippen LogP contribution in [-0.2, 0) is 9.59 Å². The number of aromatic nitrogens is 2. The Bertz CT molecular complexity index is 493. The fraction of sp³-hybridized carbons (Fsp3) is 0.417. The number of hydrogen-bond donors (Lipinski definition) is 3.